The summed E-state index contributed by atoms with van der Waals surface area (Å²) in [6.45, 7) is 2.11. The predicted octanol–water partition coefficient (Wildman–Crippen LogP) is 5.16. The summed E-state index contributed by atoms with van der Waals surface area (Å²) < 4.78 is 0. The molecule has 0 bridgehead atoms. The van der Waals surface area contributed by atoms with Gasteiger partial charge in [0.25, 0.3) is 0 Å². The van der Waals surface area contributed by atoms with Gasteiger partial charge >= 0.3 is 0 Å². The van der Waals surface area contributed by atoms with Crippen molar-refractivity contribution in [2.45, 2.75) is 6.92 Å². The molecule has 1 heteroatoms. The Kier molecular flexibility index (Phi) is 2.25. The van der Waals surface area contributed by atoms with Crippen LogP contribution in [-0.4, -0.2) is 5.11 Å². The summed E-state index contributed by atoms with van der Waals surface area (Å²) in [7, 11) is 0. The van der Waals surface area contributed by atoms with Crippen molar-refractivity contribution < 1.29 is 5.11 Å². The molecule has 0 fully saturated rings. The van der Waals surface area contributed by atoms with E-state index in [0.29, 0.717) is 5.75 Å². The van der Waals surface area contributed by atoms with E-state index < -0.39 is 0 Å². The van der Waals surface area contributed by atoms with Gasteiger partial charge in [0.2, 0.25) is 0 Å². The molecule has 4 rings (SSSR count). The van der Waals surface area contributed by atoms with E-state index >= 15 is 0 Å². The van der Waals surface area contributed by atoms with Crippen LogP contribution in [0.25, 0.3) is 32.3 Å². The van der Waals surface area contributed by atoms with Crippen LogP contribution in [0.4, 0.5) is 0 Å². The molecule has 4 aromatic rings. The van der Waals surface area contributed by atoms with Gasteiger partial charge < -0.3 is 5.11 Å². The molecule has 0 aromatic heterocycles. The molecule has 0 atom stereocenters. The molecule has 1 N–H and O–H groups in total. The van der Waals surface area contributed by atoms with Crippen LogP contribution in [0, 0.1) is 6.92 Å². The van der Waals surface area contributed by atoms with Gasteiger partial charge in [-0.2, -0.15) is 0 Å². The van der Waals surface area contributed by atoms with E-state index in [9.17, 15) is 5.11 Å². The van der Waals surface area contributed by atoms with E-state index in [1.165, 1.54) is 27.1 Å². The minimum absolute atomic E-state index is 0.348. The highest BCUT2D eigenvalue weighted by Gasteiger charge is 2.09. The van der Waals surface area contributed by atoms with Gasteiger partial charge in [0.1, 0.15) is 5.75 Å². The topological polar surface area (TPSA) is 20.2 Å². The van der Waals surface area contributed by atoms with E-state index in [4.69, 9.17) is 0 Å². The number of hydrogen-bond donors (Lipinski definition) is 1. The summed E-state index contributed by atoms with van der Waals surface area (Å²) >= 11 is 0. The van der Waals surface area contributed by atoms with Gasteiger partial charge in [0.15, 0.2) is 0 Å². The summed E-state index contributed by atoms with van der Waals surface area (Å²) in [6, 6.07) is 20.6. The zero-order valence-electron chi connectivity index (χ0n) is 11.2. The number of rotatable bonds is 0. The lowest BCUT2D eigenvalue weighted by atomic mass is 9.93. The van der Waals surface area contributed by atoms with Crippen LogP contribution < -0.4 is 0 Å². The fraction of sp³-hybridized carbons (Fsp3) is 0.0526. The second-order valence-corrected chi connectivity index (χ2v) is 5.27. The van der Waals surface area contributed by atoms with Crippen molar-refractivity contribution in [3.05, 3.63) is 66.2 Å². The van der Waals surface area contributed by atoms with Crippen molar-refractivity contribution in [1.29, 1.82) is 0 Å². The molecule has 96 valence electrons. The third-order valence-corrected chi connectivity index (χ3v) is 4.06. The van der Waals surface area contributed by atoms with Crippen LogP contribution in [0.15, 0.2) is 60.7 Å². The van der Waals surface area contributed by atoms with Crippen LogP contribution in [-0.2, 0) is 0 Å². The van der Waals surface area contributed by atoms with E-state index in [-0.39, 0.29) is 0 Å². The minimum atomic E-state index is 0.348. The van der Waals surface area contributed by atoms with E-state index in [0.717, 1.165) is 10.8 Å². The number of phenolic OH excluding ortho intramolecular Hbond substituents is 1. The highest BCUT2D eigenvalue weighted by molar-refractivity contribution is 6.19. The molecule has 0 aliphatic carbocycles. The van der Waals surface area contributed by atoms with Crippen molar-refractivity contribution in [2.24, 2.45) is 0 Å². The highest BCUT2D eigenvalue weighted by atomic mass is 16.3. The fourth-order valence-electron chi connectivity index (χ4n) is 3.15. The Morgan fingerprint density at radius 3 is 2.40 bits per heavy atom. The molecule has 0 aliphatic heterocycles. The number of phenols is 1. The Balaban J connectivity index is 2.35. The Morgan fingerprint density at radius 2 is 1.50 bits per heavy atom. The average Bonchev–Trinajstić information content (AvgIpc) is 2.48. The molecule has 4 aromatic carbocycles. The number of hydrogen-bond acceptors (Lipinski definition) is 1. The molecule has 0 amide bonds. The summed E-state index contributed by atoms with van der Waals surface area (Å²) in [5.41, 5.74) is 1.20. The standard InChI is InChI=1S/C19H14O/c1-12-11-17-15(7-4-8-18(17)20)16-10-9-13-5-2-3-6-14(13)19(12)16/h2-11,20H,1H3. The zero-order chi connectivity index (χ0) is 13.7. The Hall–Kier alpha value is -2.54. The van der Waals surface area contributed by atoms with Crippen molar-refractivity contribution >= 4 is 32.3 Å². The fourth-order valence-corrected chi connectivity index (χ4v) is 3.15. The summed E-state index contributed by atoms with van der Waals surface area (Å²) in [6.07, 6.45) is 0. The molecule has 0 radical (unpaired) electrons. The first-order valence-electron chi connectivity index (χ1n) is 6.78. The Bertz CT molecular complexity index is 967. The lowest BCUT2D eigenvalue weighted by molar-refractivity contribution is 0.481. The van der Waals surface area contributed by atoms with Gasteiger partial charge in [-0.15, -0.1) is 0 Å². The largest absolute Gasteiger partial charge is 0.507 e. The molecule has 0 aliphatic rings. The first kappa shape index (κ1) is 11.3. The lowest BCUT2D eigenvalue weighted by Gasteiger charge is -2.11. The molecular formula is C19H14O. The van der Waals surface area contributed by atoms with Gasteiger partial charge in [-0.1, -0.05) is 48.5 Å². The number of benzene rings is 4. The maximum atomic E-state index is 10.1. The number of fused-ring (bicyclic) bond motifs is 5. The monoisotopic (exact) mass is 258 g/mol. The van der Waals surface area contributed by atoms with Crippen molar-refractivity contribution in [2.75, 3.05) is 0 Å². The van der Waals surface area contributed by atoms with E-state index in [1.807, 2.05) is 6.07 Å². The second kappa shape index (κ2) is 3.97. The SMILES string of the molecule is Cc1cc2c(O)cccc2c2ccc3ccccc3c12. The smallest absolute Gasteiger partial charge is 0.123 e. The Labute approximate surface area is 117 Å². The molecule has 0 heterocycles. The van der Waals surface area contributed by atoms with Crippen LogP contribution in [0.3, 0.4) is 0 Å². The second-order valence-electron chi connectivity index (χ2n) is 5.27. The van der Waals surface area contributed by atoms with Crippen LogP contribution >= 0.6 is 0 Å². The minimum Gasteiger partial charge on any atom is -0.507 e. The summed E-state index contributed by atoms with van der Waals surface area (Å²) in [4.78, 5) is 0. The quantitative estimate of drug-likeness (QED) is 0.432. The number of aromatic hydroxyl groups is 1. The normalized spacial score (nSPS) is 11.4. The predicted molar refractivity (Wildman–Crippen MR) is 85.4 cm³/mol. The third-order valence-electron chi connectivity index (χ3n) is 4.06. The average molecular weight is 258 g/mol. The Morgan fingerprint density at radius 1 is 0.700 bits per heavy atom. The molecular weight excluding hydrogens is 244 g/mol. The van der Waals surface area contributed by atoms with Gasteiger partial charge in [-0.05, 0) is 51.6 Å². The highest BCUT2D eigenvalue weighted by Crippen LogP contribution is 2.36. The molecule has 0 saturated carbocycles. The zero-order valence-corrected chi connectivity index (χ0v) is 11.2. The van der Waals surface area contributed by atoms with Gasteiger partial charge in [0, 0.05) is 5.39 Å². The van der Waals surface area contributed by atoms with Crippen molar-refractivity contribution in [3.63, 3.8) is 0 Å². The van der Waals surface area contributed by atoms with Gasteiger partial charge in [0.05, 0.1) is 0 Å². The third kappa shape index (κ3) is 1.44. The first-order valence-corrected chi connectivity index (χ1v) is 6.78. The molecule has 20 heavy (non-hydrogen) atoms. The molecule has 0 unspecified atom stereocenters. The van der Waals surface area contributed by atoms with Gasteiger partial charge in [-0.3, -0.25) is 0 Å². The molecule has 1 nitrogen and oxygen atoms in total. The van der Waals surface area contributed by atoms with Gasteiger partial charge in [-0.25, -0.2) is 0 Å². The lowest BCUT2D eigenvalue weighted by Crippen LogP contribution is -1.85. The van der Waals surface area contributed by atoms with E-state index in [2.05, 4.69) is 55.5 Å². The first-order chi connectivity index (χ1) is 9.75. The maximum absolute atomic E-state index is 10.1. The molecule has 0 spiro atoms. The van der Waals surface area contributed by atoms with Crippen LogP contribution in [0.5, 0.6) is 5.75 Å². The van der Waals surface area contributed by atoms with Crippen molar-refractivity contribution in [1.82, 2.24) is 0 Å². The van der Waals surface area contributed by atoms with Crippen LogP contribution in [0.1, 0.15) is 5.56 Å². The number of aryl methyl sites for hydroxylation is 1. The van der Waals surface area contributed by atoms with Crippen molar-refractivity contribution in [3.8, 4) is 5.75 Å². The van der Waals surface area contributed by atoms with E-state index in [1.54, 1.807) is 6.07 Å². The van der Waals surface area contributed by atoms with Crippen LogP contribution in [0.2, 0.25) is 0 Å². The molecule has 0 saturated heterocycles. The maximum Gasteiger partial charge on any atom is 0.123 e. The summed E-state index contributed by atoms with van der Waals surface area (Å²) in [5.74, 6) is 0.348. The summed E-state index contributed by atoms with van der Waals surface area (Å²) in [5, 5.41) is 17.1.